The Balaban J connectivity index is 2.29. The fourth-order valence-corrected chi connectivity index (χ4v) is 2.62. The van der Waals surface area contributed by atoms with Gasteiger partial charge in [-0.25, -0.2) is 9.78 Å². The fraction of sp³-hybridized carbons (Fsp3) is 0.308. The zero-order valence-corrected chi connectivity index (χ0v) is 12.5. The van der Waals surface area contributed by atoms with Crippen molar-refractivity contribution in [1.82, 2.24) is 9.97 Å². The fourth-order valence-electron chi connectivity index (χ4n) is 1.96. The number of hydrogen-bond donors (Lipinski definition) is 2. The van der Waals surface area contributed by atoms with Gasteiger partial charge in [-0.3, -0.25) is 10.1 Å². The van der Waals surface area contributed by atoms with Gasteiger partial charge < -0.3 is 9.72 Å². The SMILES string of the molecule is COC(=O)c1c(C)[nH]c(C(=O)Nc2ncc(C)s2)c1C. The maximum atomic E-state index is 12.2. The van der Waals surface area contributed by atoms with Crippen molar-refractivity contribution in [2.24, 2.45) is 0 Å². The minimum Gasteiger partial charge on any atom is -0.465 e. The molecular formula is C13H15N3O3S. The Bertz CT molecular complexity index is 672. The van der Waals surface area contributed by atoms with Gasteiger partial charge in [0.25, 0.3) is 5.91 Å². The molecule has 2 aromatic rings. The van der Waals surface area contributed by atoms with Crippen LogP contribution >= 0.6 is 11.3 Å². The van der Waals surface area contributed by atoms with E-state index in [1.54, 1.807) is 20.0 Å². The van der Waals surface area contributed by atoms with Gasteiger partial charge in [0, 0.05) is 16.8 Å². The monoisotopic (exact) mass is 293 g/mol. The maximum Gasteiger partial charge on any atom is 0.339 e. The minimum absolute atomic E-state index is 0.324. The van der Waals surface area contributed by atoms with Gasteiger partial charge in [-0.2, -0.15) is 0 Å². The van der Waals surface area contributed by atoms with E-state index < -0.39 is 5.97 Å². The number of amides is 1. The third-order valence-corrected chi connectivity index (χ3v) is 3.72. The van der Waals surface area contributed by atoms with Gasteiger partial charge in [0.15, 0.2) is 5.13 Å². The van der Waals surface area contributed by atoms with E-state index in [0.717, 1.165) is 4.88 Å². The number of aromatic nitrogens is 2. The molecule has 0 bridgehead atoms. The molecule has 0 saturated heterocycles. The molecule has 0 radical (unpaired) electrons. The predicted molar refractivity (Wildman–Crippen MR) is 76.4 cm³/mol. The third-order valence-electron chi connectivity index (χ3n) is 2.90. The van der Waals surface area contributed by atoms with Gasteiger partial charge >= 0.3 is 5.97 Å². The van der Waals surface area contributed by atoms with E-state index in [1.165, 1.54) is 18.4 Å². The molecule has 2 N–H and O–H groups in total. The number of anilines is 1. The predicted octanol–water partition coefficient (Wildman–Crippen LogP) is 2.44. The van der Waals surface area contributed by atoms with Crippen LogP contribution < -0.4 is 5.32 Å². The molecule has 0 unspecified atom stereocenters. The molecule has 106 valence electrons. The van der Waals surface area contributed by atoms with Crippen LogP contribution in [0.3, 0.4) is 0 Å². The molecule has 0 atom stereocenters. The molecule has 2 heterocycles. The van der Waals surface area contributed by atoms with Crippen molar-refractivity contribution in [1.29, 1.82) is 0 Å². The van der Waals surface area contributed by atoms with Crippen molar-refractivity contribution in [3.63, 3.8) is 0 Å². The average molecular weight is 293 g/mol. The molecule has 2 aromatic heterocycles. The molecule has 2 rings (SSSR count). The maximum absolute atomic E-state index is 12.2. The Hall–Kier alpha value is -2.15. The lowest BCUT2D eigenvalue weighted by atomic mass is 10.1. The molecule has 0 fully saturated rings. The number of hydrogen-bond acceptors (Lipinski definition) is 5. The number of rotatable bonds is 3. The Morgan fingerprint density at radius 1 is 1.35 bits per heavy atom. The second-order valence-electron chi connectivity index (χ2n) is 4.35. The number of nitrogens with one attached hydrogen (secondary N) is 2. The Labute approximate surface area is 120 Å². The molecule has 0 aliphatic heterocycles. The average Bonchev–Trinajstić information content (AvgIpc) is 2.92. The standard InChI is InChI=1S/C13H15N3O3S/c1-6-5-14-13(20-6)16-11(17)10-7(2)9(8(3)15-10)12(18)19-4/h5,15H,1-4H3,(H,14,16,17). The van der Waals surface area contributed by atoms with Crippen LogP contribution in [0.2, 0.25) is 0 Å². The normalized spacial score (nSPS) is 10.4. The Morgan fingerprint density at radius 3 is 2.60 bits per heavy atom. The molecular weight excluding hydrogens is 278 g/mol. The smallest absolute Gasteiger partial charge is 0.339 e. The van der Waals surface area contributed by atoms with Crippen LogP contribution in [0, 0.1) is 20.8 Å². The molecule has 20 heavy (non-hydrogen) atoms. The summed E-state index contributed by atoms with van der Waals surface area (Å²) in [4.78, 5) is 31.9. The number of aryl methyl sites for hydroxylation is 2. The van der Waals surface area contributed by atoms with E-state index in [9.17, 15) is 9.59 Å². The number of H-pyrrole nitrogens is 1. The van der Waals surface area contributed by atoms with Gasteiger partial charge in [0.2, 0.25) is 0 Å². The summed E-state index contributed by atoms with van der Waals surface area (Å²) in [6, 6.07) is 0. The van der Waals surface area contributed by atoms with Crippen LogP contribution in [-0.4, -0.2) is 29.0 Å². The molecule has 0 saturated carbocycles. The summed E-state index contributed by atoms with van der Waals surface area (Å²) in [7, 11) is 1.31. The summed E-state index contributed by atoms with van der Waals surface area (Å²) >= 11 is 1.39. The third kappa shape index (κ3) is 2.57. The van der Waals surface area contributed by atoms with Gasteiger partial charge in [-0.05, 0) is 26.3 Å². The number of methoxy groups -OCH3 is 1. The van der Waals surface area contributed by atoms with E-state index in [-0.39, 0.29) is 5.91 Å². The first-order valence-corrected chi connectivity index (χ1v) is 6.77. The lowest BCUT2D eigenvalue weighted by molar-refractivity contribution is 0.0599. The molecule has 1 amide bonds. The lowest BCUT2D eigenvalue weighted by Gasteiger charge is -2.01. The van der Waals surface area contributed by atoms with Gasteiger partial charge in [-0.1, -0.05) is 0 Å². The van der Waals surface area contributed by atoms with Gasteiger partial charge in [0.1, 0.15) is 5.69 Å². The first-order valence-electron chi connectivity index (χ1n) is 5.95. The molecule has 0 spiro atoms. The first-order chi connectivity index (χ1) is 9.43. The highest BCUT2D eigenvalue weighted by atomic mass is 32.1. The highest BCUT2D eigenvalue weighted by Gasteiger charge is 2.22. The molecule has 0 aliphatic rings. The van der Waals surface area contributed by atoms with Crippen molar-refractivity contribution in [3.05, 3.63) is 33.6 Å². The van der Waals surface area contributed by atoms with Crippen LogP contribution in [-0.2, 0) is 4.74 Å². The molecule has 0 aliphatic carbocycles. The summed E-state index contributed by atoms with van der Waals surface area (Å²) in [6.45, 7) is 5.34. The topological polar surface area (TPSA) is 84.1 Å². The van der Waals surface area contributed by atoms with E-state index in [1.807, 2.05) is 6.92 Å². The van der Waals surface area contributed by atoms with E-state index in [0.29, 0.717) is 27.6 Å². The van der Waals surface area contributed by atoms with Crippen molar-refractivity contribution in [3.8, 4) is 0 Å². The van der Waals surface area contributed by atoms with Crippen LogP contribution in [0.4, 0.5) is 5.13 Å². The molecule has 7 heteroatoms. The van der Waals surface area contributed by atoms with Crippen LogP contribution in [0.1, 0.15) is 37.0 Å². The quantitative estimate of drug-likeness (QED) is 0.851. The zero-order chi connectivity index (χ0) is 14.9. The van der Waals surface area contributed by atoms with Crippen LogP contribution in [0.15, 0.2) is 6.20 Å². The second kappa shape index (κ2) is 5.46. The highest BCUT2D eigenvalue weighted by Crippen LogP contribution is 2.21. The van der Waals surface area contributed by atoms with E-state index >= 15 is 0 Å². The second-order valence-corrected chi connectivity index (χ2v) is 5.58. The van der Waals surface area contributed by atoms with Crippen molar-refractivity contribution >= 4 is 28.3 Å². The molecule has 6 nitrogen and oxygen atoms in total. The van der Waals surface area contributed by atoms with Gasteiger partial charge in [0.05, 0.1) is 12.7 Å². The Morgan fingerprint density at radius 2 is 2.05 bits per heavy atom. The summed E-state index contributed by atoms with van der Waals surface area (Å²) < 4.78 is 4.71. The van der Waals surface area contributed by atoms with Gasteiger partial charge in [-0.15, -0.1) is 11.3 Å². The lowest BCUT2D eigenvalue weighted by Crippen LogP contribution is -2.13. The van der Waals surface area contributed by atoms with Crippen molar-refractivity contribution in [2.45, 2.75) is 20.8 Å². The summed E-state index contributed by atoms with van der Waals surface area (Å²) in [5.41, 5.74) is 1.92. The number of aromatic amines is 1. The summed E-state index contributed by atoms with van der Waals surface area (Å²) in [5.74, 6) is -0.782. The van der Waals surface area contributed by atoms with Crippen molar-refractivity contribution in [2.75, 3.05) is 12.4 Å². The minimum atomic E-state index is -0.458. The number of carbonyl (C=O) groups excluding carboxylic acids is 2. The first kappa shape index (κ1) is 14.3. The summed E-state index contributed by atoms with van der Waals surface area (Å²) in [5, 5.41) is 3.23. The number of esters is 1. The Kier molecular flexibility index (Phi) is 3.89. The van der Waals surface area contributed by atoms with Crippen LogP contribution in [0.25, 0.3) is 0 Å². The number of ether oxygens (including phenoxy) is 1. The molecule has 0 aromatic carbocycles. The van der Waals surface area contributed by atoms with Crippen molar-refractivity contribution < 1.29 is 14.3 Å². The number of nitrogens with zero attached hydrogens (tertiary/aromatic N) is 1. The zero-order valence-electron chi connectivity index (χ0n) is 11.7. The van der Waals surface area contributed by atoms with E-state index in [4.69, 9.17) is 4.74 Å². The highest BCUT2D eigenvalue weighted by molar-refractivity contribution is 7.15. The number of thiazole rings is 1. The largest absolute Gasteiger partial charge is 0.465 e. The van der Waals surface area contributed by atoms with E-state index in [2.05, 4.69) is 15.3 Å². The van der Waals surface area contributed by atoms with Crippen LogP contribution in [0.5, 0.6) is 0 Å². The number of carbonyl (C=O) groups is 2. The summed E-state index contributed by atoms with van der Waals surface area (Å²) in [6.07, 6.45) is 1.69.